The molecule has 1 unspecified atom stereocenters. The van der Waals surface area contributed by atoms with E-state index in [0.29, 0.717) is 31.4 Å². The summed E-state index contributed by atoms with van der Waals surface area (Å²) in [5.41, 5.74) is 1.87. The van der Waals surface area contributed by atoms with Crippen molar-refractivity contribution in [3.8, 4) is 5.75 Å². The Kier molecular flexibility index (Phi) is 5.48. The predicted octanol–water partition coefficient (Wildman–Crippen LogP) is 2.37. The fraction of sp³-hybridized carbons (Fsp3) is 0.400. The van der Waals surface area contributed by atoms with Gasteiger partial charge < -0.3 is 10.1 Å². The largest absolute Gasteiger partial charge is 0.494 e. The third kappa shape index (κ3) is 4.09. The molecular formula is C20H23N5O3S. The zero-order valence-electron chi connectivity index (χ0n) is 16.4. The van der Waals surface area contributed by atoms with Crippen molar-refractivity contribution in [1.29, 1.82) is 0 Å². The Morgan fingerprint density at radius 3 is 3.00 bits per heavy atom. The Morgan fingerprint density at radius 1 is 1.38 bits per heavy atom. The molecule has 3 aromatic rings. The van der Waals surface area contributed by atoms with Crippen LogP contribution in [0.5, 0.6) is 5.75 Å². The molecule has 152 valence electrons. The number of rotatable bonds is 7. The molecule has 1 atom stereocenters. The van der Waals surface area contributed by atoms with E-state index in [2.05, 4.69) is 15.4 Å². The molecule has 2 aromatic heterocycles. The lowest BCUT2D eigenvalue weighted by molar-refractivity contribution is -0.126. The molecule has 4 rings (SSSR count). The lowest BCUT2D eigenvalue weighted by Gasteiger charge is -2.13. The number of nitrogens with one attached hydrogen (secondary N) is 1. The van der Waals surface area contributed by atoms with E-state index < -0.39 is 0 Å². The van der Waals surface area contributed by atoms with Gasteiger partial charge in [-0.15, -0.1) is 0 Å². The summed E-state index contributed by atoms with van der Waals surface area (Å²) in [7, 11) is 0. The molecule has 29 heavy (non-hydrogen) atoms. The molecule has 0 saturated carbocycles. The fourth-order valence-electron chi connectivity index (χ4n) is 3.40. The molecule has 1 aliphatic rings. The quantitative estimate of drug-likeness (QED) is 0.642. The molecule has 0 radical (unpaired) electrons. The first kappa shape index (κ1) is 19.4. The van der Waals surface area contributed by atoms with Crippen molar-refractivity contribution in [3.63, 3.8) is 0 Å². The van der Waals surface area contributed by atoms with Gasteiger partial charge in [-0.1, -0.05) is 11.3 Å². The van der Waals surface area contributed by atoms with E-state index in [-0.39, 0.29) is 24.2 Å². The maximum Gasteiger partial charge on any atom is 0.229 e. The highest BCUT2D eigenvalue weighted by Crippen LogP contribution is 2.34. The first-order valence-electron chi connectivity index (χ1n) is 9.65. The number of benzene rings is 1. The summed E-state index contributed by atoms with van der Waals surface area (Å²) in [5, 5.41) is 7.74. The lowest BCUT2D eigenvalue weighted by atomic mass is 10.1. The van der Waals surface area contributed by atoms with Gasteiger partial charge in [0, 0.05) is 31.4 Å². The van der Waals surface area contributed by atoms with Gasteiger partial charge in [0.2, 0.25) is 11.8 Å². The fourth-order valence-corrected chi connectivity index (χ4v) is 4.42. The predicted molar refractivity (Wildman–Crippen MR) is 111 cm³/mol. The highest BCUT2D eigenvalue weighted by molar-refractivity contribution is 7.22. The van der Waals surface area contributed by atoms with Crippen LogP contribution in [0.1, 0.15) is 19.0 Å². The van der Waals surface area contributed by atoms with Gasteiger partial charge in [0.15, 0.2) is 5.13 Å². The Morgan fingerprint density at radius 2 is 2.24 bits per heavy atom. The van der Waals surface area contributed by atoms with E-state index in [9.17, 15) is 9.59 Å². The maximum absolute atomic E-state index is 12.5. The molecule has 1 aliphatic heterocycles. The van der Waals surface area contributed by atoms with Crippen molar-refractivity contribution >= 4 is 38.5 Å². The van der Waals surface area contributed by atoms with Crippen molar-refractivity contribution in [2.75, 3.05) is 24.6 Å². The molecule has 0 spiro atoms. The van der Waals surface area contributed by atoms with Crippen LogP contribution < -0.4 is 15.0 Å². The van der Waals surface area contributed by atoms with Crippen LogP contribution in [0.2, 0.25) is 0 Å². The summed E-state index contributed by atoms with van der Waals surface area (Å²) in [6.07, 6.45) is 1.94. The third-order valence-electron chi connectivity index (χ3n) is 4.94. The van der Waals surface area contributed by atoms with E-state index in [4.69, 9.17) is 4.74 Å². The van der Waals surface area contributed by atoms with Gasteiger partial charge in [0.25, 0.3) is 0 Å². The van der Waals surface area contributed by atoms with Gasteiger partial charge in [-0.05, 0) is 38.1 Å². The second-order valence-electron chi connectivity index (χ2n) is 6.95. The number of aryl methyl sites for hydroxylation is 1. The van der Waals surface area contributed by atoms with Gasteiger partial charge in [-0.2, -0.15) is 5.10 Å². The topological polar surface area (TPSA) is 89.3 Å². The smallest absolute Gasteiger partial charge is 0.229 e. The number of fused-ring (bicyclic) bond motifs is 1. The minimum absolute atomic E-state index is 0.0721. The number of aromatic nitrogens is 3. The van der Waals surface area contributed by atoms with Crippen molar-refractivity contribution in [2.24, 2.45) is 5.92 Å². The standard InChI is InChI=1S/C20H23N5O3S/c1-3-28-15-4-5-16-17(11-15)29-20(23-16)24-12-14(10-18(24)26)19(27)21-8-9-25-13(2)6-7-22-25/h4-7,11,14H,3,8-10,12H2,1-2H3,(H,21,27). The molecule has 3 heterocycles. The highest BCUT2D eigenvalue weighted by Gasteiger charge is 2.36. The minimum atomic E-state index is -0.368. The van der Waals surface area contributed by atoms with E-state index in [1.165, 1.54) is 11.3 Å². The number of nitrogens with zero attached hydrogens (tertiary/aromatic N) is 4. The molecule has 0 bridgehead atoms. The van der Waals surface area contributed by atoms with Crippen LogP contribution in [0, 0.1) is 12.8 Å². The summed E-state index contributed by atoms with van der Waals surface area (Å²) in [4.78, 5) is 31.2. The van der Waals surface area contributed by atoms with Gasteiger partial charge in [-0.25, -0.2) is 4.98 Å². The number of thiazole rings is 1. The minimum Gasteiger partial charge on any atom is -0.494 e. The molecular weight excluding hydrogens is 390 g/mol. The Hall–Kier alpha value is -2.94. The number of carbonyl (C=O) groups excluding carboxylic acids is 2. The van der Waals surface area contributed by atoms with Crippen molar-refractivity contribution in [1.82, 2.24) is 20.1 Å². The van der Waals surface area contributed by atoms with Crippen molar-refractivity contribution < 1.29 is 14.3 Å². The van der Waals surface area contributed by atoms with Gasteiger partial charge in [0.05, 0.1) is 29.3 Å². The monoisotopic (exact) mass is 413 g/mol. The number of carbonyl (C=O) groups is 2. The second kappa shape index (κ2) is 8.20. The summed E-state index contributed by atoms with van der Waals surface area (Å²) >= 11 is 1.44. The van der Waals surface area contributed by atoms with Crippen LogP contribution in [-0.4, -0.2) is 46.3 Å². The molecule has 8 nitrogen and oxygen atoms in total. The summed E-state index contributed by atoms with van der Waals surface area (Å²) < 4.78 is 8.33. The van der Waals surface area contributed by atoms with E-state index >= 15 is 0 Å². The third-order valence-corrected chi connectivity index (χ3v) is 5.98. The number of amides is 2. The van der Waals surface area contributed by atoms with Crippen molar-refractivity contribution in [3.05, 3.63) is 36.2 Å². The Balaban J connectivity index is 1.39. The SMILES string of the molecule is CCOc1ccc2nc(N3CC(C(=O)NCCn4nccc4C)CC3=O)sc2c1. The molecule has 2 amide bonds. The average Bonchev–Trinajstić information content (AvgIpc) is 3.40. The van der Waals surface area contributed by atoms with Crippen LogP contribution >= 0.6 is 11.3 Å². The first-order valence-corrected chi connectivity index (χ1v) is 10.5. The Bertz CT molecular complexity index is 1040. The number of ether oxygens (including phenoxy) is 1. The van der Waals surface area contributed by atoms with Crippen LogP contribution in [0.15, 0.2) is 30.5 Å². The number of anilines is 1. The summed E-state index contributed by atoms with van der Waals surface area (Å²) in [6, 6.07) is 7.62. The molecule has 1 fully saturated rings. The van der Waals surface area contributed by atoms with Crippen LogP contribution in [-0.2, 0) is 16.1 Å². The van der Waals surface area contributed by atoms with Crippen LogP contribution in [0.3, 0.4) is 0 Å². The van der Waals surface area contributed by atoms with Gasteiger partial charge in [-0.3, -0.25) is 19.2 Å². The van der Waals surface area contributed by atoms with Crippen LogP contribution in [0.4, 0.5) is 5.13 Å². The molecule has 1 aromatic carbocycles. The molecule has 1 N–H and O–H groups in total. The van der Waals surface area contributed by atoms with E-state index in [0.717, 1.165) is 21.7 Å². The average molecular weight is 414 g/mol. The lowest BCUT2D eigenvalue weighted by Crippen LogP contribution is -2.35. The molecule has 9 heteroatoms. The van der Waals surface area contributed by atoms with Gasteiger partial charge in [0.1, 0.15) is 5.75 Å². The first-order chi connectivity index (χ1) is 14.0. The molecule has 0 aliphatic carbocycles. The summed E-state index contributed by atoms with van der Waals surface area (Å²) in [6.45, 7) is 5.94. The number of hydrogen-bond acceptors (Lipinski definition) is 6. The molecule has 1 saturated heterocycles. The van der Waals surface area contributed by atoms with Gasteiger partial charge >= 0.3 is 0 Å². The van der Waals surface area contributed by atoms with Crippen LogP contribution in [0.25, 0.3) is 10.2 Å². The zero-order chi connectivity index (χ0) is 20.4. The van der Waals surface area contributed by atoms with Crippen molar-refractivity contribution in [2.45, 2.75) is 26.8 Å². The maximum atomic E-state index is 12.5. The highest BCUT2D eigenvalue weighted by atomic mass is 32.1. The second-order valence-corrected chi connectivity index (χ2v) is 7.96. The van der Waals surface area contributed by atoms with E-state index in [1.807, 2.05) is 42.8 Å². The normalized spacial score (nSPS) is 16.6. The Labute approximate surface area is 172 Å². The number of hydrogen-bond donors (Lipinski definition) is 1. The zero-order valence-corrected chi connectivity index (χ0v) is 17.2. The summed E-state index contributed by atoms with van der Waals surface area (Å²) in [5.74, 6) is 0.238. The van der Waals surface area contributed by atoms with E-state index in [1.54, 1.807) is 11.1 Å².